The highest BCUT2D eigenvalue weighted by Crippen LogP contribution is 2.40. The van der Waals surface area contributed by atoms with Gasteiger partial charge >= 0.3 is 12.2 Å². The second-order valence-corrected chi connectivity index (χ2v) is 12.8. The van der Waals surface area contributed by atoms with Crippen molar-refractivity contribution in [3.63, 3.8) is 0 Å². The molecule has 0 atom stereocenters. The molecule has 0 unspecified atom stereocenters. The Morgan fingerprint density at radius 3 is 2.16 bits per heavy atom. The second kappa shape index (κ2) is 13.0. The number of hydrogen-bond donors (Lipinski definition) is 0. The lowest BCUT2D eigenvalue weighted by Gasteiger charge is -2.31. The van der Waals surface area contributed by atoms with Crippen molar-refractivity contribution in [2.75, 3.05) is 53.6 Å². The largest absolute Gasteiger partial charge is 0.443 e. The van der Waals surface area contributed by atoms with Crippen LogP contribution >= 0.6 is 11.6 Å². The maximum absolute atomic E-state index is 13.1. The van der Waals surface area contributed by atoms with Gasteiger partial charge in [-0.2, -0.15) is 0 Å². The Hall–Kier alpha value is -3.58. The standard InChI is InChI=1S/C29H41ClN8O5/c1-18-20(15-32-25(33-18)38(26(39)42-28(2,3)4)27(40)43-29(5,6)7)22-34-23(36-11-13-41-14-12-36)21(31-8)24(35-22)37(17-30)16-19-9-10-19/h15,19H,8-14,16-17H2,1-7H3. The number of nitrogens with zero attached hydrogens (tertiary/aromatic N) is 8. The molecule has 2 aliphatic rings. The van der Waals surface area contributed by atoms with E-state index in [4.69, 9.17) is 35.8 Å². The number of imide groups is 1. The topological polar surface area (TPSA) is 135 Å². The first kappa shape index (κ1) is 32.3. The molecule has 43 heavy (non-hydrogen) atoms. The molecule has 1 saturated heterocycles. The van der Waals surface area contributed by atoms with Gasteiger partial charge in [-0.15, -0.1) is 16.5 Å². The van der Waals surface area contributed by atoms with E-state index in [0.29, 0.717) is 71.5 Å². The summed E-state index contributed by atoms with van der Waals surface area (Å²) in [5, 5.41) is 0. The summed E-state index contributed by atoms with van der Waals surface area (Å²) in [6.07, 6.45) is 1.84. The summed E-state index contributed by atoms with van der Waals surface area (Å²) in [6.45, 7) is 18.8. The van der Waals surface area contributed by atoms with Gasteiger partial charge in [0.1, 0.15) is 16.9 Å². The van der Waals surface area contributed by atoms with Gasteiger partial charge in [-0.1, -0.05) is 0 Å². The van der Waals surface area contributed by atoms with Gasteiger partial charge in [0.15, 0.2) is 17.5 Å². The van der Waals surface area contributed by atoms with Crippen LogP contribution in [0.3, 0.4) is 0 Å². The third-order valence-electron chi connectivity index (χ3n) is 6.49. The molecule has 3 heterocycles. The van der Waals surface area contributed by atoms with E-state index in [9.17, 15) is 9.59 Å². The summed E-state index contributed by atoms with van der Waals surface area (Å²) >= 11 is 6.43. The lowest BCUT2D eigenvalue weighted by molar-refractivity contribution is 0.0427. The first-order valence-corrected chi connectivity index (χ1v) is 14.9. The molecule has 4 rings (SSSR count). The maximum atomic E-state index is 13.1. The number of anilines is 3. The van der Waals surface area contributed by atoms with Gasteiger partial charge in [-0.05, 0) is 73.9 Å². The van der Waals surface area contributed by atoms with Gasteiger partial charge in [0.25, 0.3) is 0 Å². The molecule has 234 valence electrons. The molecule has 0 aromatic carbocycles. The van der Waals surface area contributed by atoms with Crippen molar-refractivity contribution in [2.24, 2.45) is 10.9 Å². The van der Waals surface area contributed by atoms with Crippen LogP contribution in [0.5, 0.6) is 0 Å². The third-order valence-corrected chi connectivity index (χ3v) is 6.78. The van der Waals surface area contributed by atoms with Crippen molar-refractivity contribution < 1.29 is 23.8 Å². The van der Waals surface area contributed by atoms with E-state index in [2.05, 4.69) is 26.6 Å². The van der Waals surface area contributed by atoms with Gasteiger partial charge in [-0.3, -0.25) is 4.99 Å². The molecule has 1 aliphatic carbocycles. The number of rotatable bonds is 8. The maximum Gasteiger partial charge on any atom is 0.427 e. The molecular formula is C29H41ClN8O5. The number of carbonyl (C=O) groups is 2. The first-order valence-electron chi connectivity index (χ1n) is 14.3. The molecule has 2 aromatic rings. The number of alkyl halides is 1. The Kier molecular flexibility index (Phi) is 9.75. The van der Waals surface area contributed by atoms with Crippen LogP contribution in [0.2, 0.25) is 0 Å². The fourth-order valence-corrected chi connectivity index (χ4v) is 4.56. The highest BCUT2D eigenvalue weighted by Gasteiger charge is 2.35. The van der Waals surface area contributed by atoms with Crippen molar-refractivity contribution in [2.45, 2.75) is 72.5 Å². The van der Waals surface area contributed by atoms with Crippen molar-refractivity contribution in [1.82, 2.24) is 19.9 Å². The van der Waals surface area contributed by atoms with Crippen LogP contribution < -0.4 is 14.7 Å². The normalized spacial score (nSPS) is 15.6. The Morgan fingerprint density at radius 1 is 1.07 bits per heavy atom. The van der Waals surface area contributed by atoms with E-state index < -0.39 is 23.4 Å². The van der Waals surface area contributed by atoms with Crippen LogP contribution in [-0.2, 0) is 14.2 Å². The average molecular weight is 617 g/mol. The molecule has 1 saturated carbocycles. The fourth-order valence-electron chi connectivity index (χ4n) is 4.35. The highest BCUT2D eigenvalue weighted by molar-refractivity contribution is 6.19. The van der Waals surface area contributed by atoms with Gasteiger partial charge in [0.2, 0.25) is 5.95 Å². The summed E-state index contributed by atoms with van der Waals surface area (Å²) in [5.74, 6) is 1.87. The number of aliphatic imine (C=N–C) groups is 1. The van der Waals surface area contributed by atoms with E-state index in [0.717, 1.165) is 19.4 Å². The number of aromatic nitrogens is 4. The predicted octanol–water partition coefficient (Wildman–Crippen LogP) is 5.50. The number of ether oxygens (including phenoxy) is 3. The fraction of sp³-hybridized carbons (Fsp3) is 0.621. The quantitative estimate of drug-likeness (QED) is 0.211. The van der Waals surface area contributed by atoms with Gasteiger partial charge < -0.3 is 24.0 Å². The van der Waals surface area contributed by atoms with Crippen LogP contribution in [0.4, 0.5) is 32.9 Å². The Bertz CT molecular complexity index is 1320. The van der Waals surface area contributed by atoms with Crippen molar-refractivity contribution in [1.29, 1.82) is 0 Å². The smallest absolute Gasteiger partial charge is 0.427 e. The van der Waals surface area contributed by atoms with Gasteiger partial charge in [0.05, 0.1) is 30.5 Å². The number of aryl methyl sites for hydroxylation is 1. The SMILES string of the molecule is C=Nc1c(N2CCOCC2)nc(-c2cnc(N(C(=O)OC(C)(C)C)C(=O)OC(C)(C)C)nc2C)nc1N(CCl)CC1CC1. The minimum absolute atomic E-state index is 0.195. The molecule has 14 heteroatoms. The van der Waals surface area contributed by atoms with Crippen molar-refractivity contribution in [3.8, 4) is 11.4 Å². The molecule has 2 amide bonds. The number of hydrogen-bond acceptors (Lipinski definition) is 12. The minimum Gasteiger partial charge on any atom is -0.443 e. The zero-order valence-corrected chi connectivity index (χ0v) is 26.8. The van der Waals surface area contributed by atoms with E-state index >= 15 is 0 Å². The molecule has 0 radical (unpaired) electrons. The van der Waals surface area contributed by atoms with E-state index in [1.807, 2.05) is 4.90 Å². The zero-order valence-electron chi connectivity index (χ0n) is 26.0. The van der Waals surface area contributed by atoms with Crippen LogP contribution in [0.25, 0.3) is 11.4 Å². The Balaban J connectivity index is 1.80. The molecule has 1 aliphatic heterocycles. The Labute approximate surface area is 257 Å². The molecule has 13 nitrogen and oxygen atoms in total. The van der Waals surface area contributed by atoms with Crippen molar-refractivity contribution in [3.05, 3.63) is 11.9 Å². The summed E-state index contributed by atoms with van der Waals surface area (Å²) < 4.78 is 16.5. The molecule has 2 fully saturated rings. The Morgan fingerprint density at radius 2 is 1.67 bits per heavy atom. The number of morpholine rings is 1. The van der Waals surface area contributed by atoms with Crippen LogP contribution in [0, 0.1) is 12.8 Å². The number of halogens is 1. The average Bonchev–Trinajstić information content (AvgIpc) is 3.74. The highest BCUT2D eigenvalue weighted by atomic mass is 35.5. The van der Waals surface area contributed by atoms with E-state index in [1.54, 1.807) is 48.5 Å². The zero-order chi connectivity index (χ0) is 31.5. The van der Waals surface area contributed by atoms with Crippen LogP contribution in [0.1, 0.15) is 60.1 Å². The summed E-state index contributed by atoms with van der Waals surface area (Å²) in [7, 11) is 0. The molecule has 2 aromatic heterocycles. The van der Waals surface area contributed by atoms with E-state index in [-0.39, 0.29) is 12.0 Å². The van der Waals surface area contributed by atoms with E-state index in [1.165, 1.54) is 6.20 Å². The lowest BCUT2D eigenvalue weighted by Crippen LogP contribution is -2.44. The van der Waals surface area contributed by atoms with Gasteiger partial charge in [-0.25, -0.2) is 29.5 Å². The third kappa shape index (κ3) is 8.29. The monoisotopic (exact) mass is 616 g/mol. The molecule has 0 bridgehead atoms. The van der Waals surface area contributed by atoms with Crippen molar-refractivity contribution >= 4 is 53.8 Å². The number of carbonyl (C=O) groups excluding carboxylic acids is 2. The number of amides is 2. The summed E-state index contributed by atoms with van der Waals surface area (Å²) in [6, 6.07) is 0.215. The lowest BCUT2D eigenvalue weighted by atomic mass is 10.2. The second-order valence-electron chi connectivity index (χ2n) is 12.6. The molecule has 0 N–H and O–H groups in total. The summed E-state index contributed by atoms with van der Waals surface area (Å²) in [4.78, 5) is 54.0. The molecule has 0 spiro atoms. The molecular weight excluding hydrogens is 576 g/mol. The van der Waals surface area contributed by atoms with Crippen LogP contribution in [-0.4, -0.2) is 88.9 Å². The van der Waals surface area contributed by atoms with Gasteiger partial charge in [0, 0.05) is 25.8 Å². The first-order chi connectivity index (χ1) is 20.2. The predicted molar refractivity (Wildman–Crippen MR) is 166 cm³/mol. The summed E-state index contributed by atoms with van der Waals surface area (Å²) in [5.41, 5.74) is -0.267. The minimum atomic E-state index is -0.957. The van der Waals surface area contributed by atoms with Crippen LogP contribution in [0.15, 0.2) is 11.2 Å².